The van der Waals surface area contributed by atoms with Gasteiger partial charge >= 0.3 is 0 Å². The molecule has 29 heavy (non-hydrogen) atoms. The lowest BCUT2D eigenvalue weighted by molar-refractivity contribution is -0.384. The van der Waals surface area contributed by atoms with Gasteiger partial charge in [0.1, 0.15) is 11.5 Å². The first-order valence-corrected chi connectivity index (χ1v) is 8.67. The molecule has 1 atom stereocenters. The molecule has 1 aliphatic heterocycles. The van der Waals surface area contributed by atoms with Gasteiger partial charge in [-0.3, -0.25) is 19.7 Å². The molecule has 9 heteroatoms. The third kappa shape index (κ3) is 3.67. The second-order valence-corrected chi connectivity index (χ2v) is 6.30. The third-order valence-corrected chi connectivity index (χ3v) is 4.64. The average molecular weight is 398 g/mol. The number of methoxy groups -OCH3 is 1. The summed E-state index contributed by atoms with van der Waals surface area (Å²) in [5, 5.41) is 31.3. The van der Waals surface area contributed by atoms with Crippen LogP contribution < -0.4 is 4.74 Å². The number of carbonyl (C=O) groups excluding carboxylic acids is 2. The summed E-state index contributed by atoms with van der Waals surface area (Å²) < 4.78 is 5.07. The first-order chi connectivity index (χ1) is 13.9. The summed E-state index contributed by atoms with van der Waals surface area (Å²) in [5.41, 5.74) is 0.140. The highest BCUT2D eigenvalue weighted by Crippen LogP contribution is 2.40. The van der Waals surface area contributed by atoms with E-state index >= 15 is 0 Å². The number of Topliss-reactive ketones (excluding diaryl/α,β-unsaturated/α-hetero) is 1. The van der Waals surface area contributed by atoms with Crippen LogP contribution in [0.3, 0.4) is 0 Å². The number of aliphatic hydroxyl groups excluding tert-OH is 2. The van der Waals surface area contributed by atoms with Crippen LogP contribution in [0.4, 0.5) is 5.69 Å². The smallest absolute Gasteiger partial charge is 0.295 e. The molecule has 1 amide bonds. The number of hydrogen-bond acceptors (Lipinski definition) is 7. The number of nitro benzene ring substituents is 1. The fourth-order valence-electron chi connectivity index (χ4n) is 3.28. The highest BCUT2D eigenvalue weighted by atomic mass is 16.6. The van der Waals surface area contributed by atoms with E-state index in [1.807, 2.05) is 0 Å². The second kappa shape index (κ2) is 8.11. The van der Waals surface area contributed by atoms with E-state index in [4.69, 9.17) is 4.74 Å². The Morgan fingerprint density at radius 3 is 2.48 bits per heavy atom. The summed E-state index contributed by atoms with van der Waals surface area (Å²) in [6.45, 7) is -0.585. The molecule has 9 nitrogen and oxygen atoms in total. The summed E-state index contributed by atoms with van der Waals surface area (Å²) in [6, 6.07) is 10.6. The number of rotatable bonds is 6. The number of aliphatic hydroxyl groups is 2. The van der Waals surface area contributed by atoms with Crippen molar-refractivity contribution in [2.75, 3.05) is 20.3 Å². The Kier molecular flexibility index (Phi) is 5.60. The van der Waals surface area contributed by atoms with Gasteiger partial charge < -0.3 is 19.8 Å². The molecule has 1 fully saturated rings. The summed E-state index contributed by atoms with van der Waals surface area (Å²) >= 11 is 0. The van der Waals surface area contributed by atoms with Gasteiger partial charge in [-0.25, -0.2) is 0 Å². The first-order valence-electron chi connectivity index (χ1n) is 8.67. The minimum Gasteiger partial charge on any atom is -0.507 e. The Morgan fingerprint density at radius 1 is 1.21 bits per heavy atom. The van der Waals surface area contributed by atoms with Crippen molar-refractivity contribution < 1.29 is 29.5 Å². The van der Waals surface area contributed by atoms with Crippen molar-refractivity contribution in [2.45, 2.75) is 6.04 Å². The van der Waals surface area contributed by atoms with Crippen LogP contribution in [0.1, 0.15) is 17.2 Å². The van der Waals surface area contributed by atoms with Crippen molar-refractivity contribution in [3.05, 3.63) is 75.3 Å². The molecule has 0 aliphatic carbocycles. The van der Waals surface area contributed by atoms with Crippen molar-refractivity contribution in [1.82, 2.24) is 4.90 Å². The fourth-order valence-corrected chi connectivity index (χ4v) is 3.28. The monoisotopic (exact) mass is 398 g/mol. The lowest BCUT2D eigenvalue weighted by atomic mass is 9.95. The second-order valence-electron chi connectivity index (χ2n) is 6.30. The molecular formula is C20H18N2O7. The highest BCUT2D eigenvalue weighted by molar-refractivity contribution is 6.46. The van der Waals surface area contributed by atoms with E-state index in [-0.39, 0.29) is 28.9 Å². The molecule has 2 aromatic rings. The van der Waals surface area contributed by atoms with Gasteiger partial charge in [-0.15, -0.1) is 0 Å². The lowest BCUT2D eigenvalue weighted by Gasteiger charge is -2.24. The number of carbonyl (C=O) groups is 2. The van der Waals surface area contributed by atoms with Gasteiger partial charge in [0.15, 0.2) is 0 Å². The molecule has 1 aliphatic rings. The van der Waals surface area contributed by atoms with Crippen LogP contribution in [0, 0.1) is 10.1 Å². The zero-order chi connectivity index (χ0) is 21.1. The number of likely N-dealkylation sites (tertiary alicyclic amines) is 1. The van der Waals surface area contributed by atoms with Gasteiger partial charge in [-0.2, -0.15) is 0 Å². The maximum atomic E-state index is 12.7. The van der Waals surface area contributed by atoms with Gasteiger partial charge in [0.25, 0.3) is 17.4 Å². The SMILES string of the molecule is COc1ccc(C(O)=C2C(=O)C(=O)N(CCO)[C@@H]2c2cccc([N+](=O)[O-])c2)cc1. The standard InChI is InChI=1S/C20H18N2O7/c1-29-15-7-5-12(6-8-15)18(24)16-17(21(9-10-23)20(26)19(16)25)13-3-2-4-14(11-13)22(27)28/h2-8,11,17,23-24H,9-10H2,1H3/t17-/m1/s1. The lowest BCUT2D eigenvalue weighted by Crippen LogP contribution is -2.32. The number of amides is 1. The largest absolute Gasteiger partial charge is 0.507 e. The Balaban J connectivity index is 2.18. The van der Waals surface area contributed by atoms with Gasteiger partial charge in [-0.1, -0.05) is 12.1 Å². The van der Waals surface area contributed by atoms with Crippen LogP contribution in [0.2, 0.25) is 0 Å². The van der Waals surface area contributed by atoms with E-state index in [1.54, 1.807) is 12.1 Å². The summed E-state index contributed by atoms with van der Waals surface area (Å²) in [7, 11) is 1.48. The summed E-state index contributed by atoms with van der Waals surface area (Å²) in [5.74, 6) is -1.70. The molecule has 0 spiro atoms. The maximum Gasteiger partial charge on any atom is 0.295 e. The van der Waals surface area contributed by atoms with Crippen LogP contribution in [-0.4, -0.2) is 52.0 Å². The van der Waals surface area contributed by atoms with Crippen molar-refractivity contribution in [2.24, 2.45) is 0 Å². The van der Waals surface area contributed by atoms with Gasteiger partial charge in [-0.05, 0) is 29.8 Å². The van der Waals surface area contributed by atoms with Crippen LogP contribution in [0.5, 0.6) is 5.75 Å². The van der Waals surface area contributed by atoms with E-state index in [2.05, 4.69) is 0 Å². The quantitative estimate of drug-likeness (QED) is 0.250. The average Bonchev–Trinajstić information content (AvgIpc) is 2.98. The van der Waals surface area contributed by atoms with Gasteiger partial charge in [0.2, 0.25) is 0 Å². The first kappa shape index (κ1) is 20.0. The van der Waals surface area contributed by atoms with Crippen molar-refractivity contribution in [1.29, 1.82) is 0 Å². The van der Waals surface area contributed by atoms with Crippen molar-refractivity contribution >= 4 is 23.1 Å². The number of non-ortho nitro benzene ring substituents is 1. The fraction of sp³-hybridized carbons (Fsp3) is 0.200. The zero-order valence-electron chi connectivity index (χ0n) is 15.4. The molecule has 2 N–H and O–H groups in total. The third-order valence-electron chi connectivity index (χ3n) is 4.64. The van der Waals surface area contributed by atoms with Gasteiger partial charge in [0.05, 0.1) is 30.3 Å². The molecule has 0 radical (unpaired) electrons. The predicted octanol–water partition coefficient (Wildman–Crippen LogP) is 2.02. The Labute approximate surface area is 165 Å². The molecule has 1 saturated heterocycles. The van der Waals surface area contributed by atoms with Crippen LogP contribution in [0.25, 0.3) is 5.76 Å². The van der Waals surface area contributed by atoms with E-state index in [0.717, 1.165) is 4.90 Å². The van der Waals surface area contributed by atoms with Crippen LogP contribution in [0.15, 0.2) is 54.1 Å². The topological polar surface area (TPSA) is 130 Å². The van der Waals surface area contributed by atoms with Crippen LogP contribution >= 0.6 is 0 Å². The summed E-state index contributed by atoms with van der Waals surface area (Å²) in [4.78, 5) is 36.8. The minimum atomic E-state index is -1.07. The van der Waals surface area contributed by atoms with Crippen molar-refractivity contribution in [3.63, 3.8) is 0 Å². The maximum absolute atomic E-state index is 12.7. The number of β-amino-alcohol motifs (C(OH)–C–C–N with tert-alkyl or cyclic N) is 1. The molecule has 150 valence electrons. The Morgan fingerprint density at radius 2 is 1.90 bits per heavy atom. The van der Waals surface area contributed by atoms with E-state index in [0.29, 0.717) is 5.75 Å². The van der Waals surface area contributed by atoms with E-state index in [9.17, 15) is 29.9 Å². The number of nitro groups is 1. The summed E-state index contributed by atoms with van der Waals surface area (Å²) in [6.07, 6.45) is 0. The number of ether oxygens (including phenoxy) is 1. The number of nitrogens with zero attached hydrogens (tertiary/aromatic N) is 2. The molecular weight excluding hydrogens is 380 g/mol. The molecule has 2 aromatic carbocycles. The molecule has 0 aromatic heterocycles. The Hall–Kier alpha value is -3.72. The highest BCUT2D eigenvalue weighted by Gasteiger charge is 2.46. The van der Waals surface area contributed by atoms with Gasteiger partial charge in [0, 0.05) is 24.2 Å². The zero-order valence-corrected chi connectivity index (χ0v) is 15.4. The minimum absolute atomic E-state index is 0.169. The number of benzene rings is 2. The normalized spacial score (nSPS) is 18.1. The Bertz CT molecular complexity index is 998. The molecule has 0 unspecified atom stereocenters. The predicted molar refractivity (Wildman–Crippen MR) is 102 cm³/mol. The molecule has 0 saturated carbocycles. The molecule has 3 rings (SSSR count). The van der Waals surface area contributed by atoms with E-state index < -0.39 is 35.0 Å². The number of ketones is 1. The molecule has 1 heterocycles. The molecule has 0 bridgehead atoms. The van der Waals surface area contributed by atoms with Crippen LogP contribution in [-0.2, 0) is 9.59 Å². The number of hydrogen-bond donors (Lipinski definition) is 2. The van der Waals surface area contributed by atoms with E-state index in [1.165, 1.54) is 43.5 Å². The van der Waals surface area contributed by atoms with Crippen molar-refractivity contribution in [3.8, 4) is 5.75 Å².